The highest BCUT2D eigenvalue weighted by Crippen LogP contribution is 2.23. The number of rotatable bonds is 0. The van der Waals surface area contributed by atoms with Gasteiger partial charge in [-0.3, -0.25) is 0 Å². The maximum Gasteiger partial charge on any atom is 0.306 e. The molecular weight excluding hydrogens is 195 g/mol. The lowest BCUT2D eigenvalue weighted by Crippen LogP contribution is -2.09. The average molecular weight is 200 g/mol. The SMILES string of the molecule is Clc1n[nH+]c(Cl)c2ccccc12. The molecule has 2 rings (SSSR count). The van der Waals surface area contributed by atoms with E-state index in [0.29, 0.717) is 10.3 Å². The second-order valence-corrected chi connectivity index (χ2v) is 3.11. The van der Waals surface area contributed by atoms with Crippen LogP contribution in [0.3, 0.4) is 0 Å². The van der Waals surface area contributed by atoms with Gasteiger partial charge in [0.2, 0.25) is 5.15 Å². The Kier molecular flexibility index (Phi) is 1.87. The molecule has 0 amide bonds. The van der Waals surface area contributed by atoms with Gasteiger partial charge >= 0.3 is 5.15 Å². The Balaban J connectivity index is 2.95. The lowest BCUT2D eigenvalue weighted by atomic mass is 10.2. The molecule has 12 heavy (non-hydrogen) atoms. The fourth-order valence-electron chi connectivity index (χ4n) is 1.07. The number of halogens is 2. The van der Waals surface area contributed by atoms with Crippen LogP contribution in [0.1, 0.15) is 0 Å². The average Bonchev–Trinajstić information content (AvgIpc) is 2.12. The molecule has 0 unspecified atom stereocenters. The number of benzene rings is 1. The standard InChI is InChI=1S/C8H4Cl2N2/c9-7-5-3-1-2-4-6(5)8(10)12-11-7/h1-4H/p+1. The molecule has 2 nitrogen and oxygen atoms in total. The highest BCUT2D eigenvalue weighted by Gasteiger charge is 2.09. The molecule has 0 spiro atoms. The summed E-state index contributed by atoms with van der Waals surface area (Å²) in [5, 5.41) is 9.14. The molecule has 0 aliphatic heterocycles. The van der Waals surface area contributed by atoms with E-state index < -0.39 is 0 Å². The number of aromatic amines is 1. The Bertz CT molecular complexity index is 388. The summed E-state index contributed by atoms with van der Waals surface area (Å²) in [6.07, 6.45) is 0. The minimum Gasteiger partial charge on any atom is -0.0861 e. The van der Waals surface area contributed by atoms with Crippen molar-refractivity contribution in [1.29, 1.82) is 0 Å². The van der Waals surface area contributed by atoms with Crippen LogP contribution in [-0.4, -0.2) is 5.10 Å². The van der Waals surface area contributed by atoms with Crippen molar-refractivity contribution in [2.45, 2.75) is 0 Å². The summed E-state index contributed by atoms with van der Waals surface area (Å²) in [4.78, 5) is 0. The summed E-state index contributed by atoms with van der Waals surface area (Å²) in [6.45, 7) is 0. The summed E-state index contributed by atoms with van der Waals surface area (Å²) in [5.74, 6) is 0. The third kappa shape index (κ3) is 1.13. The van der Waals surface area contributed by atoms with E-state index in [1.54, 1.807) is 0 Å². The van der Waals surface area contributed by atoms with Gasteiger partial charge in [0.25, 0.3) is 0 Å². The van der Waals surface area contributed by atoms with Crippen LogP contribution in [0.25, 0.3) is 10.8 Å². The van der Waals surface area contributed by atoms with Gasteiger partial charge in [0, 0.05) is 10.5 Å². The molecule has 0 saturated heterocycles. The van der Waals surface area contributed by atoms with Crippen LogP contribution in [-0.2, 0) is 0 Å². The van der Waals surface area contributed by atoms with E-state index in [1.807, 2.05) is 24.3 Å². The highest BCUT2D eigenvalue weighted by atomic mass is 35.5. The summed E-state index contributed by atoms with van der Waals surface area (Å²) < 4.78 is 0. The van der Waals surface area contributed by atoms with Gasteiger partial charge in [-0.05, 0) is 17.7 Å². The molecule has 0 aliphatic rings. The first-order valence-corrected chi connectivity index (χ1v) is 4.16. The first-order valence-electron chi connectivity index (χ1n) is 3.40. The van der Waals surface area contributed by atoms with Crippen molar-refractivity contribution in [3.05, 3.63) is 34.6 Å². The maximum atomic E-state index is 5.85. The highest BCUT2D eigenvalue weighted by molar-refractivity contribution is 6.37. The summed E-state index contributed by atoms with van der Waals surface area (Å²) in [5.41, 5.74) is 0. The van der Waals surface area contributed by atoms with Gasteiger partial charge in [0.05, 0.1) is 5.39 Å². The van der Waals surface area contributed by atoms with Crippen LogP contribution in [0.5, 0.6) is 0 Å². The monoisotopic (exact) mass is 199 g/mol. The Morgan fingerprint density at radius 3 is 2.42 bits per heavy atom. The van der Waals surface area contributed by atoms with Crippen LogP contribution in [0, 0.1) is 0 Å². The summed E-state index contributed by atoms with van der Waals surface area (Å²) >= 11 is 11.7. The molecular formula is C8H5Cl2N2+. The van der Waals surface area contributed by atoms with E-state index in [2.05, 4.69) is 10.2 Å². The zero-order chi connectivity index (χ0) is 8.55. The predicted octanol–water partition coefficient (Wildman–Crippen LogP) is 2.36. The Morgan fingerprint density at radius 1 is 1.08 bits per heavy atom. The van der Waals surface area contributed by atoms with Crippen molar-refractivity contribution in [2.24, 2.45) is 0 Å². The van der Waals surface area contributed by atoms with E-state index in [9.17, 15) is 0 Å². The molecule has 1 N–H and O–H groups in total. The molecule has 0 aliphatic carbocycles. The van der Waals surface area contributed by atoms with E-state index >= 15 is 0 Å². The van der Waals surface area contributed by atoms with Gasteiger partial charge in [-0.1, -0.05) is 34.9 Å². The topological polar surface area (TPSA) is 27.0 Å². The molecule has 60 valence electrons. The zero-order valence-electron chi connectivity index (χ0n) is 6.01. The van der Waals surface area contributed by atoms with Gasteiger partial charge in [-0.2, -0.15) is 0 Å². The molecule has 1 aromatic heterocycles. The summed E-state index contributed by atoms with van der Waals surface area (Å²) in [6, 6.07) is 7.57. The van der Waals surface area contributed by atoms with Crippen molar-refractivity contribution in [2.75, 3.05) is 0 Å². The van der Waals surface area contributed by atoms with Gasteiger partial charge in [0.15, 0.2) is 0 Å². The van der Waals surface area contributed by atoms with Crippen LogP contribution >= 0.6 is 23.2 Å². The fraction of sp³-hybridized carbons (Fsp3) is 0. The largest absolute Gasteiger partial charge is 0.306 e. The van der Waals surface area contributed by atoms with Crippen LogP contribution in [0.15, 0.2) is 24.3 Å². The van der Waals surface area contributed by atoms with Crippen LogP contribution in [0.4, 0.5) is 0 Å². The van der Waals surface area contributed by atoms with Crippen molar-refractivity contribution in [3.8, 4) is 0 Å². The molecule has 0 atom stereocenters. The number of H-pyrrole nitrogens is 1. The molecule has 0 fully saturated rings. The van der Waals surface area contributed by atoms with E-state index in [-0.39, 0.29) is 0 Å². The Morgan fingerprint density at radius 2 is 1.75 bits per heavy atom. The van der Waals surface area contributed by atoms with Crippen molar-refractivity contribution in [1.82, 2.24) is 5.10 Å². The smallest absolute Gasteiger partial charge is 0.0861 e. The van der Waals surface area contributed by atoms with E-state index in [1.165, 1.54) is 0 Å². The van der Waals surface area contributed by atoms with Gasteiger partial charge in [-0.15, -0.1) is 0 Å². The molecule has 4 heteroatoms. The molecule has 1 heterocycles. The van der Waals surface area contributed by atoms with Gasteiger partial charge < -0.3 is 0 Å². The second kappa shape index (κ2) is 2.88. The number of nitrogens with one attached hydrogen (secondary N) is 1. The third-order valence-corrected chi connectivity index (χ3v) is 2.21. The van der Waals surface area contributed by atoms with Gasteiger partial charge in [0.1, 0.15) is 0 Å². The first-order chi connectivity index (χ1) is 5.79. The minimum absolute atomic E-state index is 0.440. The molecule has 2 aromatic rings. The van der Waals surface area contributed by atoms with Crippen molar-refractivity contribution < 1.29 is 5.10 Å². The lowest BCUT2D eigenvalue weighted by molar-refractivity contribution is -0.450. The van der Waals surface area contributed by atoms with Crippen LogP contribution in [0.2, 0.25) is 10.3 Å². The second-order valence-electron chi connectivity index (χ2n) is 2.37. The molecule has 0 saturated carbocycles. The normalized spacial score (nSPS) is 10.5. The van der Waals surface area contributed by atoms with Crippen LogP contribution < -0.4 is 5.10 Å². The Hall–Kier alpha value is -0.860. The zero-order valence-corrected chi connectivity index (χ0v) is 7.52. The molecule has 1 aromatic carbocycles. The van der Waals surface area contributed by atoms with E-state index in [0.717, 1.165) is 10.8 Å². The molecule has 0 bridgehead atoms. The predicted molar refractivity (Wildman–Crippen MR) is 48.3 cm³/mol. The Labute approximate surface area is 79.1 Å². The number of aromatic nitrogens is 2. The van der Waals surface area contributed by atoms with Crippen molar-refractivity contribution >= 4 is 34.0 Å². The fourth-order valence-corrected chi connectivity index (χ4v) is 1.49. The number of fused-ring (bicyclic) bond motifs is 1. The summed E-state index contributed by atoms with van der Waals surface area (Å²) in [7, 11) is 0. The quantitative estimate of drug-likeness (QED) is 0.641. The van der Waals surface area contributed by atoms with E-state index in [4.69, 9.17) is 23.2 Å². The third-order valence-electron chi connectivity index (χ3n) is 1.64. The van der Waals surface area contributed by atoms with Crippen molar-refractivity contribution in [3.63, 3.8) is 0 Å². The molecule has 0 radical (unpaired) electrons. The minimum atomic E-state index is 0.440. The number of nitrogens with zero attached hydrogens (tertiary/aromatic N) is 1. The lowest BCUT2D eigenvalue weighted by Gasteiger charge is -1.93. The van der Waals surface area contributed by atoms with Gasteiger partial charge in [-0.25, -0.2) is 0 Å². The first kappa shape index (κ1) is 7.77. The number of hydrogen-bond acceptors (Lipinski definition) is 1. The maximum absolute atomic E-state index is 5.85. The number of hydrogen-bond donors (Lipinski definition) is 0.